The Morgan fingerprint density at radius 3 is 1.67 bits per heavy atom. The van der Waals surface area contributed by atoms with E-state index >= 15 is 0 Å². The highest BCUT2D eigenvalue weighted by atomic mass is 32.2. The SMILES string of the molecule is CCOCCOc1ccc(S(=O)(=O)N2CCN(S(=O)(=O)c3ccc(C(C)=O)cc3)CC2)cc1. The van der Waals surface area contributed by atoms with Crippen LogP contribution < -0.4 is 4.74 Å². The van der Waals surface area contributed by atoms with Gasteiger partial charge in [0, 0.05) is 38.3 Å². The second-order valence-electron chi connectivity index (χ2n) is 7.41. The monoisotopic (exact) mass is 496 g/mol. The van der Waals surface area contributed by atoms with Gasteiger partial charge in [-0.05, 0) is 50.2 Å². The van der Waals surface area contributed by atoms with Crippen molar-refractivity contribution < 1.29 is 31.1 Å². The van der Waals surface area contributed by atoms with Crippen molar-refractivity contribution in [2.24, 2.45) is 0 Å². The van der Waals surface area contributed by atoms with E-state index in [0.717, 1.165) is 0 Å². The van der Waals surface area contributed by atoms with Crippen molar-refractivity contribution in [1.29, 1.82) is 0 Å². The molecule has 1 fully saturated rings. The van der Waals surface area contributed by atoms with E-state index in [2.05, 4.69) is 0 Å². The lowest BCUT2D eigenvalue weighted by atomic mass is 10.2. The van der Waals surface area contributed by atoms with Crippen molar-refractivity contribution in [3.05, 3.63) is 54.1 Å². The number of sulfonamides is 2. The molecular formula is C22H28N2O7S2. The van der Waals surface area contributed by atoms with Crippen LogP contribution in [0.1, 0.15) is 24.2 Å². The molecule has 3 rings (SSSR count). The number of hydrogen-bond donors (Lipinski definition) is 0. The van der Waals surface area contributed by atoms with Crippen molar-refractivity contribution in [2.45, 2.75) is 23.6 Å². The summed E-state index contributed by atoms with van der Waals surface area (Å²) < 4.78 is 65.1. The van der Waals surface area contributed by atoms with Crippen LogP contribution in [-0.4, -0.2) is 77.2 Å². The van der Waals surface area contributed by atoms with Gasteiger partial charge in [0.15, 0.2) is 5.78 Å². The molecule has 0 bridgehead atoms. The smallest absolute Gasteiger partial charge is 0.243 e. The molecule has 1 aliphatic heterocycles. The van der Waals surface area contributed by atoms with Crippen molar-refractivity contribution in [3.8, 4) is 5.75 Å². The standard InChI is InChI=1S/C22H28N2O7S2/c1-3-30-16-17-31-20-6-10-22(11-7-20)33(28,29)24-14-12-23(13-15-24)32(26,27)21-8-4-19(5-9-21)18(2)25/h4-11H,3,12-17H2,1-2H3. The van der Waals surface area contributed by atoms with Crippen molar-refractivity contribution in [2.75, 3.05) is 46.0 Å². The zero-order chi connectivity index (χ0) is 24.1. The largest absolute Gasteiger partial charge is 0.491 e. The fraction of sp³-hybridized carbons (Fsp3) is 0.409. The number of Topliss-reactive ketones (excluding diaryl/α,β-unsaturated/α-hetero) is 1. The molecule has 0 amide bonds. The van der Waals surface area contributed by atoms with E-state index in [1.54, 1.807) is 12.1 Å². The molecule has 1 aliphatic rings. The third-order valence-corrected chi connectivity index (χ3v) is 9.08. The first-order chi connectivity index (χ1) is 15.7. The Morgan fingerprint density at radius 2 is 1.24 bits per heavy atom. The van der Waals surface area contributed by atoms with Gasteiger partial charge >= 0.3 is 0 Å². The zero-order valence-electron chi connectivity index (χ0n) is 18.6. The van der Waals surface area contributed by atoms with Crippen LogP contribution in [0.4, 0.5) is 0 Å². The molecule has 1 saturated heterocycles. The number of carbonyl (C=O) groups is 1. The van der Waals surface area contributed by atoms with Gasteiger partial charge in [0.1, 0.15) is 12.4 Å². The summed E-state index contributed by atoms with van der Waals surface area (Å²) in [6.45, 7) is 4.87. The maximum absolute atomic E-state index is 13.0. The molecule has 33 heavy (non-hydrogen) atoms. The number of nitrogens with zero attached hydrogens (tertiary/aromatic N) is 2. The molecule has 0 radical (unpaired) electrons. The minimum atomic E-state index is -3.78. The van der Waals surface area contributed by atoms with Crippen molar-refractivity contribution in [1.82, 2.24) is 8.61 Å². The van der Waals surface area contributed by atoms with E-state index in [-0.39, 0.29) is 41.8 Å². The number of rotatable bonds is 10. The maximum Gasteiger partial charge on any atom is 0.243 e. The molecule has 0 unspecified atom stereocenters. The van der Waals surface area contributed by atoms with E-state index in [1.807, 2.05) is 6.92 Å². The Bertz CT molecular complexity index is 1150. The Morgan fingerprint density at radius 1 is 0.788 bits per heavy atom. The molecule has 0 N–H and O–H groups in total. The van der Waals surface area contributed by atoms with Gasteiger partial charge in [-0.1, -0.05) is 12.1 Å². The number of benzene rings is 2. The van der Waals surface area contributed by atoms with E-state index in [0.29, 0.717) is 31.1 Å². The first-order valence-corrected chi connectivity index (χ1v) is 13.5. The maximum atomic E-state index is 13.0. The summed E-state index contributed by atoms with van der Waals surface area (Å²) in [5, 5.41) is 0. The lowest BCUT2D eigenvalue weighted by Crippen LogP contribution is -2.50. The minimum absolute atomic E-state index is 0.0364. The molecule has 11 heteroatoms. The zero-order valence-corrected chi connectivity index (χ0v) is 20.3. The normalized spacial score (nSPS) is 15.9. The van der Waals surface area contributed by atoms with Crippen molar-refractivity contribution in [3.63, 3.8) is 0 Å². The summed E-state index contributed by atoms with van der Waals surface area (Å²) in [5.41, 5.74) is 0.426. The fourth-order valence-electron chi connectivity index (χ4n) is 3.38. The molecule has 9 nitrogen and oxygen atoms in total. The summed E-state index contributed by atoms with van der Waals surface area (Å²) in [7, 11) is -7.55. The van der Waals surface area contributed by atoms with Crippen LogP contribution in [-0.2, 0) is 24.8 Å². The summed E-state index contributed by atoms with van der Waals surface area (Å²) in [4.78, 5) is 11.6. The van der Waals surface area contributed by atoms with E-state index in [1.165, 1.54) is 51.9 Å². The fourth-order valence-corrected chi connectivity index (χ4v) is 6.23. The molecule has 0 aromatic heterocycles. The summed E-state index contributed by atoms with van der Waals surface area (Å²) in [6.07, 6.45) is 0. The summed E-state index contributed by atoms with van der Waals surface area (Å²) in [5.74, 6) is 0.392. The van der Waals surface area contributed by atoms with E-state index in [9.17, 15) is 21.6 Å². The van der Waals surface area contributed by atoms with Gasteiger partial charge in [0.25, 0.3) is 0 Å². The van der Waals surface area contributed by atoms with Crippen LogP contribution in [0.3, 0.4) is 0 Å². The van der Waals surface area contributed by atoms with Crippen LogP contribution in [0.2, 0.25) is 0 Å². The van der Waals surface area contributed by atoms with Gasteiger partial charge < -0.3 is 9.47 Å². The molecule has 2 aromatic rings. The second kappa shape index (κ2) is 10.7. The van der Waals surface area contributed by atoms with Crippen LogP contribution in [0.15, 0.2) is 58.3 Å². The Hall–Kier alpha value is -2.31. The minimum Gasteiger partial charge on any atom is -0.491 e. The number of ether oxygens (including phenoxy) is 2. The number of carbonyl (C=O) groups excluding carboxylic acids is 1. The Balaban J connectivity index is 1.62. The van der Waals surface area contributed by atoms with Gasteiger partial charge in [-0.2, -0.15) is 8.61 Å². The number of hydrogen-bond acceptors (Lipinski definition) is 7. The molecule has 1 heterocycles. The van der Waals surface area contributed by atoms with Crippen LogP contribution >= 0.6 is 0 Å². The molecule has 0 aliphatic carbocycles. The average Bonchev–Trinajstić information content (AvgIpc) is 2.82. The van der Waals surface area contributed by atoms with E-state index < -0.39 is 20.0 Å². The summed E-state index contributed by atoms with van der Waals surface area (Å²) >= 11 is 0. The van der Waals surface area contributed by atoms with Gasteiger partial charge in [-0.25, -0.2) is 16.8 Å². The third-order valence-electron chi connectivity index (χ3n) is 5.26. The number of piperazine rings is 1. The van der Waals surface area contributed by atoms with Gasteiger partial charge in [0.05, 0.1) is 16.4 Å². The average molecular weight is 497 g/mol. The molecular weight excluding hydrogens is 468 g/mol. The second-order valence-corrected chi connectivity index (χ2v) is 11.3. The van der Waals surface area contributed by atoms with Gasteiger partial charge in [-0.15, -0.1) is 0 Å². The van der Waals surface area contributed by atoms with E-state index in [4.69, 9.17) is 9.47 Å². The first-order valence-electron chi connectivity index (χ1n) is 10.6. The van der Waals surface area contributed by atoms with Crippen molar-refractivity contribution >= 4 is 25.8 Å². The van der Waals surface area contributed by atoms with Gasteiger partial charge in [-0.3, -0.25) is 4.79 Å². The molecule has 0 saturated carbocycles. The summed E-state index contributed by atoms with van der Waals surface area (Å²) in [6, 6.07) is 11.9. The topological polar surface area (TPSA) is 110 Å². The molecule has 2 aromatic carbocycles. The molecule has 0 spiro atoms. The predicted octanol–water partition coefficient (Wildman–Crippen LogP) is 2.00. The lowest BCUT2D eigenvalue weighted by molar-refractivity contribution is 0.101. The number of ketones is 1. The molecule has 180 valence electrons. The quantitative estimate of drug-likeness (QED) is 0.365. The van der Waals surface area contributed by atoms with Crippen LogP contribution in [0.25, 0.3) is 0 Å². The van der Waals surface area contributed by atoms with Crippen LogP contribution in [0.5, 0.6) is 5.75 Å². The first kappa shape index (κ1) is 25.3. The Kier molecular flexibility index (Phi) is 8.24. The van der Waals surface area contributed by atoms with Gasteiger partial charge in [0.2, 0.25) is 20.0 Å². The third kappa shape index (κ3) is 5.98. The molecule has 0 atom stereocenters. The Labute approximate surface area is 195 Å². The predicted molar refractivity (Wildman–Crippen MR) is 122 cm³/mol. The lowest BCUT2D eigenvalue weighted by Gasteiger charge is -2.33. The highest BCUT2D eigenvalue weighted by Gasteiger charge is 2.33. The highest BCUT2D eigenvalue weighted by molar-refractivity contribution is 7.89. The van der Waals surface area contributed by atoms with Crippen LogP contribution in [0, 0.1) is 0 Å². The highest BCUT2D eigenvalue weighted by Crippen LogP contribution is 2.23.